The highest BCUT2D eigenvalue weighted by molar-refractivity contribution is 7.16. The van der Waals surface area contributed by atoms with Crippen molar-refractivity contribution in [3.05, 3.63) is 58.1 Å². The molecule has 0 unspecified atom stereocenters. The minimum atomic E-state index is -1.41. The van der Waals surface area contributed by atoms with Gasteiger partial charge in [-0.1, -0.05) is 0 Å². The first kappa shape index (κ1) is 19.9. The molecular formula is C19H13FN4O4S2. The Kier molecular flexibility index (Phi) is 5.38. The van der Waals surface area contributed by atoms with Gasteiger partial charge in [0.15, 0.2) is 0 Å². The topological polar surface area (TPSA) is 118 Å². The molecule has 3 heterocycles. The number of nitrogens with zero attached hydrogens (tertiary/aromatic N) is 4. The maximum Gasteiger partial charge on any atom is 0.339 e. The Morgan fingerprint density at radius 3 is 2.73 bits per heavy atom. The fourth-order valence-corrected chi connectivity index (χ4v) is 4.48. The van der Waals surface area contributed by atoms with Gasteiger partial charge in [0, 0.05) is 23.3 Å². The highest BCUT2D eigenvalue weighted by Gasteiger charge is 2.19. The summed E-state index contributed by atoms with van der Waals surface area (Å²) >= 11 is 2.57. The Labute approximate surface area is 177 Å². The molecule has 0 fully saturated rings. The molecule has 0 atom stereocenters. The molecule has 1 aromatic carbocycles. The van der Waals surface area contributed by atoms with Crippen LogP contribution in [-0.2, 0) is 6.61 Å². The lowest BCUT2D eigenvalue weighted by atomic mass is 10.1. The van der Waals surface area contributed by atoms with Gasteiger partial charge >= 0.3 is 12.0 Å². The van der Waals surface area contributed by atoms with E-state index in [1.54, 1.807) is 23.8 Å². The second-order valence-electron chi connectivity index (χ2n) is 6.03. The van der Waals surface area contributed by atoms with Crippen LogP contribution in [0.25, 0.3) is 21.1 Å². The number of rotatable bonds is 6. The summed E-state index contributed by atoms with van der Waals surface area (Å²) in [6.07, 6.45) is 3.16. The highest BCUT2D eigenvalue weighted by Crippen LogP contribution is 2.36. The molecule has 0 bridgehead atoms. The van der Waals surface area contributed by atoms with Crippen LogP contribution < -0.4 is 4.74 Å². The lowest BCUT2D eigenvalue weighted by molar-refractivity contribution is 0.0693. The van der Waals surface area contributed by atoms with Gasteiger partial charge in [-0.3, -0.25) is 0 Å². The third-order valence-corrected chi connectivity index (χ3v) is 6.02. The molecule has 0 saturated heterocycles. The van der Waals surface area contributed by atoms with Crippen molar-refractivity contribution in [1.29, 1.82) is 0 Å². The number of carboxylic acid groups (broad SMARTS) is 1. The number of phenols is 1. The van der Waals surface area contributed by atoms with Crippen LogP contribution in [0.4, 0.5) is 4.39 Å². The molecule has 0 radical (unpaired) electrons. The molecule has 3 aromatic heterocycles. The number of ether oxygens (including phenoxy) is 1. The van der Waals surface area contributed by atoms with Crippen molar-refractivity contribution >= 4 is 28.6 Å². The van der Waals surface area contributed by atoms with E-state index in [-0.39, 0.29) is 18.2 Å². The third-order valence-electron chi connectivity index (χ3n) is 3.99. The zero-order chi connectivity index (χ0) is 21.3. The fraction of sp³-hybridized carbons (Fsp3) is 0.105. The molecule has 2 N–H and O–H groups in total. The monoisotopic (exact) mass is 444 g/mol. The van der Waals surface area contributed by atoms with Crippen molar-refractivity contribution in [2.45, 2.75) is 13.5 Å². The normalized spacial score (nSPS) is 10.9. The van der Waals surface area contributed by atoms with Gasteiger partial charge in [0.05, 0.1) is 16.3 Å². The molecule has 11 heteroatoms. The minimum Gasteiger partial charge on any atom is -0.507 e. The largest absolute Gasteiger partial charge is 0.507 e. The molecular weight excluding hydrogens is 431 g/mol. The number of hydrogen-bond acceptors (Lipinski definition) is 9. The summed E-state index contributed by atoms with van der Waals surface area (Å²) in [6, 6.07) is 3.80. The van der Waals surface area contributed by atoms with Gasteiger partial charge in [0.2, 0.25) is 0 Å². The van der Waals surface area contributed by atoms with Crippen LogP contribution in [0.15, 0.2) is 36.0 Å². The standard InChI is InChI=1S/C19H13FN4O4S2/c1-9-16(30-15(23-9)7-28-19-21-3-2-4-22-19)13-8-29-17(24-13)10-6-14(25)11(18(26)27)5-12(10)20/h2-6,8,25H,7H2,1H3,(H,26,27). The summed E-state index contributed by atoms with van der Waals surface area (Å²) in [5, 5.41) is 21.6. The van der Waals surface area contributed by atoms with Crippen molar-refractivity contribution in [3.63, 3.8) is 0 Å². The van der Waals surface area contributed by atoms with Crippen LogP contribution in [-0.4, -0.2) is 36.1 Å². The van der Waals surface area contributed by atoms with E-state index in [0.29, 0.717) is 15.7 Å². The summed E-state index contributed by atoms with van der Waals surface area (Å²) in [7, 11) is 0. The molecule has 0 aliphatic rings. The van der Waals surface area contributed by atoms with E-state index in [2.05, 4.69) is 19.9 Å². The van der Waals surface area contributed by atoms with E-state index in [1.807, 2.05) is 6.92 Å². The van der Waals surface area contributed by atoms with Gasteiger partial charge in [-0.25, -0.2) is 29.1 Å². The van der Waals surface area contributed by atoms with Gasteiger partial charge in [0.25, 0.3) is 0 Å². The van der Waals surface area contributed by atoms with Crippen molar-refractivity contribution < 1.29 is 24.1 Å². The number of hydrogen-bond donors (Lipinski definition) is 2. The first-order valence-corrected chi connectivity index (χ1v) is 10.2. The van der Waals surface area contributed by atoms with Crippen molar-refractivity contribution in [2.75, 3.05) is 0 Å². The molecule has 0 aliphatic carbocycles. The van der Waals surface area contributed by atoms with Gasteiger partial charge in [0.1, 0.15) is 33.8 Å². The fourth-order valence-electron chi connectivity index (χ4n) is 2.64. The highest BCUT2D eigenvalue weighted by atomic mass is 32.1. The number of halogens is 1. The zero-order valence-electron chi connectivity index (χ0n) is 15.4. The number of aromatic hydroxyl groups is 1. The summed E-state index contributed by atoms with van der Waals surface area (Å²) in [5.41, 5.74) is 0.876. The average molecular weight is 444 g/mol. The van der Waals surface area contributed by atoms with Gasteiger partial charge < -0.3 is 14.9 Å². The number of carbonyl (C=O) groups is 1. The zero-order valence-corrected chi connectivity index (χ0v) is 17.0. The first-order valence-electron chi connectivity index (χ1n) is 8.50. The summed E-state index contributed by atoms with van der Waals surface area (Å²) < 4.78 is 19.9. The summed E-state index contributed by atoms with van der Waals surface area (Å²) in [6.45, 7) is 2.03. The smallest absolute Gasteiger partial charge is 0.339 e. The predicted octanol–water partition coefficient (Wildman–Crippen LogP) is 4.15. The lowest BCUT2D eigenvalue weighted by Crippen LogP contribution is -1.98. The van der Waals surface area contributed by atoms with Crippen LogP contribution in [0, 0.1) is 12.7 Å². The molecule has 8 nitrogen and oxygen atoms in total. The van der Waals surface area contributed by atoms with E-state index < -0.39 is 23.1 Å². The molecule has 0 amide bonds. The lowest BCUT2D eigenvalue weighted by Gasteiger charge is -2.04. The van der Waals surface area contributed by atoms with Crippen molar-refractivity contribution in [3.8, 4) is 32.9 Å². The second-order valence-corrected chi connectivity index (χ2v) is 7.98. The van der Waals surface area contributed by atoms with Crippen molar-refractivity contribution in [2.24, 2.45) is 0 Å². The van der Waals surface area contributed by atoms with Gasteiger partial charge in [-0.05, 0) is 25.1 Å². The van der Waals surface area contributed by atoms with Gasteiger partial charge in [-0.2, -0.15) is 0 Å². The maximum absolute atomic E-state index is 14.4. The van der Waals surface area contributed by atoms with E-state index in [9.17, 15) is 14.3 Å². The maximum atomic E-state index is 14.4. The Hall–Kier alpha value is -3.44. The average Bonchev–Trinajstić information content (AvgIpc) is 3.35. The summed E-state index contributed by atoms with van der Waals surface area (Å²) in [5.74, 6) is -2.70. The molecule has 0 saturated carbocycles. The van der Waals surface area contributed by atoms with Crippen LogP contribution in [0.5, 0.6) is 11.8 Å². The summed E-state index contributed by atoms with van der Waals surface area (Å²) in [4.78, 5) is 28.7. The SMILES string of the molecule is Cc1nc(COc2ncccn2)sc1-c1csc(-c2cc(O)c(C(=O)O)cc2F)n1. The van der Waals surface area contributed by atoms with Crippen LogP contribution in [0.2, 0.25) is 0 Å². The van der Waals surface area contributed by atoms with E-state index in [4.69, 9.17) is 9.84 Å². The molecule has 152 valence electrons. The second kappa shape index (κ2) is 8.13. The number of carboxylic acids is 1. The van der Waals surface area contributed by atoms with E-state index in [1.165, 1.54) is 22.7 Å². The number of aromatic nitrogens is 4. The molecule has 0 spiro atoms. The van der Waals surface area contributed by atoms with E-state index >= 15 is 0 Å². The quantitative estimate of drug-likeness (QED) is 0.455. The number of benzene rings is 1. The Morgan fingerprint density at radius 1 is 1.23 bits per heavy atom. The van der Waals surface area contributed by atoms with E-state index in [0.717, 1.165) is 22.7 Å². The minimum absolute atomic E-state index is 0.0284. The Morgan fingerprint density at radius 2 is 2.00 bits per heavy atom. The van der Waals surface area contributed by atoms with Crippen LogP contribution in [0.1, 0.15) is 21.1 Å². The van der Waals surface area contributed by atoms with Crippen molar-refractivity contribution in [1.82, 2.24) is 19.9 Å². The molecule has 30 heavy (non-hydrogen) atoms. The Balaban J connectivity index is 1.58. The number of aryl methyl sites for hydroxylation is 1. The third kappa shape index (κ3) is 3.98. The molecule has 4 rings (SSSR count). The first-order chi connectivity index (χ1) is 14.4. The number of thiazole rings is 2. The Bertz CT molecular complexity index is 1230. The predicted molar refractivity (Wildman–Crippen MR) is 108 cm³/mol. The van der Waals surface area contributed by atoms with Crippen LogP contribution >= 0.6 is 22.7 Å². The van der Waals surface area contributed by atoms with Gasteiger partial charge in [-0.15, -0.1) is 22.7 Å². The number of aromatic carboxylic acids is 1. The molecule has 4 aromatic rings. The molecule has 0 aliphatic heterocycles. The van der Waals surface area contributed by atoms with Crippen LogP contribution in [0.3, 0.4) is 0 Å².